The number of aryl methyl sites for hydroxylation is 1. The number of rotatable bonds is 5. The molecule has 0 bridgehead atoms. The van der Waals surface area contributed by atoms with Gasteiger partial charge in [-0.1, -0.05) is 48.9 Å². The summed E-state index contributed by atoms with van der Waals surface area (Å²) in [6.07, 6.45) is 0.908. The quantitative estimate of drug-likeness (QED) is 0.887. The minimum atomic E-state index is -0.167. The molecule has 2 aromatic rings. The van der Waals surface area contributed by atoms with E-state index in [2.05, 4.69) is 31.2 Å². The fourth-order valence-electron chi connectivity index (χ4n) is 2.07. The first kappa shape index (κ1) is 14.9. The second-order valence-electron chi connectivity index (χ2n) is 4.90. The molecule has 3 heteroatoms. The molecular weight excluding hydrogens is 270 g/mol. The number of halogens is 1. The maximum atomic E-state index is 6.26. The lowest BCUT2D eigenvalue weighted by Gasteiger charge is -2.22. The predicted molar refractivity (Wildman–Crippen MR) is 84.3 cm³/mol. The van der Waals surface area contributed by atoms with Gasteiger partial charge in [-0.05, 0) is 42.7 Å². The van der Waals surface area contributed by atoms with Crippen molar-refractivity contribution < 1.29 is 4.74 Å². The summed E-state index contributed by atoms with van der Waals surface area (Å²) in [5, 5.41) is 0.663. The number of hydrogen-bond acceptors (Lipinski definition) is 2. The largest absolute Gasteiger partial charge is 0.489 e. The predicted octanol–water partition coefficient (Wildman–Crippen LogP) is 4.37. The standard InChI is InChI=1S/C17H20ClNO/c1-3-13-7-9-14(10-8-13)17(19)12(2)20-16-6-4-5-15(18)11-16/h4-12,17H,3,19H2,1-2H3. The van der Waals surface area contributed by atoms with Crippen LogP contribution in [0.4, 0.5) is 0 Å². The second-order valence-corrected chi connectivity index (χ2v) is 5.34. The van der Waals surface area contributed by atoms with E-state index in [1.54, 1.807) is 6.07 Å². The highest BCUT2D eigenvalue weighted by molar-refractivity contribution is 6.30. The van der Waals surface area contributed by atoms with Crippen LogP contribution in [-0.2, 0) is 6.42 Å². The van der Waals surface area contributed by atoms with E-state index in [4.69, 9.17) is 22.1 Å². The Morgan fingerprint density at radius 2 is 1.85 bits per heavy atom. The van der Waals surface area contributed by atoms with Gasteiger partial charge in [0.15, 0.2) is 0 Å². The van der Waals surface area contributed by atoms with E-state index in [0.717, 1.165) is 17.7 Å². The van der Waals surface area contributed by atoms with Crippen LogP contribution < -0.4 is 10.5 Å². The summed E-state index contributed by atoms with van der Waals surface area (Å²) in [7, 11) is 0. The van der Waals surface area contributed by atoms with Crippen molar-refractivity contribution in [2.45, 2.75) is 32.4 Å². The number of hydrogen-bond donors (Lipinski definition) is 1. The van der Waals surface area contributed by atoms with Gasteiger partial charge in [0.05, 0.1) is 6.04 Å². The van der Waals surface area contributed by atoms with Crippen molar-refractivity contribution in [1.82, 2.24) is 0 Å². The molecule has 2 nitrogen and oxygen atoms in total. The van der Waals surface area contributed by atoms with Gasteiger partial charge >= 0.3 is 0 Å². The van der Waals surface area contributed by atoms with E-state index in [1.165, 1.54) is 5.56 Å². The molecule has 2 unspecified atom stereocenters. The number of nitrogens with two attached hydrogens (primary N) is 1. The maximum Gasteiger partial charge on any atom is 0.121 e. The van der Waals surface area contributed by atoms with E-state index >= 15 is 0 Å². The molecule has 20 heavy (non-hydrogen) atoms. The molecule has 0 heterocycles. The Balaban J connectivity index is 2.05. The number of benzene rings is 2. The van der Waals surface area contributed by atoms with E-state index in [-0.39, 0.29) is 12.1 Å². The Bertz CT molecular complexity index is 553. The van der Waals surface area contributed by atoms with E-state index in [9.17, 15) is 0 Å². The smallest absolute Gasteiger partial charge is 0.121 e. The van der Waals surface area contributed by atoms with Gasteiger partial charge < -0.3 is 10.5 Å². The first-order valence-corrected chi connectivity index (χ1v) is 7.24. The number of ether oxygens (including phenoxy) is 1. The third-order valence-electron chi connectivity index (χ3n) is 3.40. The van der Waals surface area contributed by atoms with Crippen LogP contribution in [0.3, 0.4) is 0 Å². The average molecular weight is 290 g/mol. The summed E-state index contributed by atoms with van der Waals surface area (Å²) in [6, 6.07) is 15.6. The van der Waals surface area contributed by atoms with E-state index < -0.39 is 0 Å². The van der Waals surface area contributed by atoms with Crippen molar-refractivity contribution >= 4 is 11.6 Å². The molecular formula is C17H20ClNO. The van der Waals surface area contributed by atoms with E-state index in [0.29, 0.717) is 5.02 Å². The van der Waals surface area contributed by atoms with Crippen molar-refractivity contribution in [3.05, 3.63) is 64.7 Å². The zero-order valence-corrected chi connectivity index (χ0v) is 12.6. The first-order chi connectivity index (χ1) is 9.60. The molecule has 0 aliphatic heterocycles. The maximum absolute atomic E-state index is 6.26. The van der Waals surface area contributed by atoms with Gasteiger partial charge in [-0.3, -0.25) is 0 Å². The molecule has 2 N–H and O–H groups in total. The molecule has 0 radical (unpaired) electrons. The Labute approximate surface area is 125 Å². The van der Waals surface area contributed by atoms with Crippen molar-refractivity contribution in [3.63, 3.8) is 0 Å². The molecule has 106 valence electrons. The van der Waals surface area contributed by atoms with Crippen LogP contribution in [0.1, 0.15) is 31.0 Å². The van der Waals surface area contributed by atoms with Crippen molar-refractivity contribution in [1.29, 1.82) is 0 Å². The molecule has 0 aliphatic rings. The molecule has 0 aromatic heterocycles. The zero-order valence-electron chi connectivity index (χ0n) is 11.8. The van der Waals surface area contributed by atoms with Crippen molar-refractivity contribution in [2.24, 2.45) is 5.73 Å². The molecule has 2 rings (SSSR count). The van der Waals surface area contributed by atoms with Crippen molar-refractivity contribution in [3.8, 4) is 5.75 Å². The Morgan fingerprint density at radius 3 is 2.45 bits per heavy atom. The van der Waals surface area contributed by atoms with Gasteiger partial charge in [0.2, 0.25) is 0 Å². The zero-order chi connectivity index (χ0) is 14.5. The summed E-state index contributed by atoms with van der Waals surface area (Å²) in [5.74, 6) is 0.741. The fourth-order valence-corrected chi connectivity index (χ4v) is 2.26. The fraction of sp³-hybridized carbons (Fsp3) is 0.294. The summed E-state index contributed by atoms with van der Waals surface area (Å²) in [5.41, 5.74) is 8.65. The summed E-state index contributed by atoms with van der Waals surface area (Å²) in [4.78, 5) is 0. The van der Waals surface area contributed by atoms with Gasteiger partial charge in [-0.15, -0.1) is 0 Å². The molecule has 0 saturated carbocycles. The van der Waals surface area contributed by atoms with Crippen LogP contribution >= 0.6 is 11.6 Å². The Kier molecular flexibility index (Phi) is 5.05. The molecule has 0 amide bonds. The van der Waals surface area contributed by atoms with Crippen LogP contribution in [0.15, 0.2) is 48.5 Å². The normalized spacial score (nSPS) is 13.8. The Morgan fingerprint density at radius 1 is 1.15 bits per heavy atom. The first-order valence-electron chi connectivity index (χ1n) is 6.86. The van der Waals surface area contributed by atoms with Crippen molar-refractivity contribution in [2.75, 3.05) is 0 Å². The highest BCUT2D eigenvalue weighted by Gasteiger charge is 2.16. The molecule has 2 atom stereocenters. The SMILES string of the molecule is CCc1ccc(C(N)C(C)Oc2cccc(Cl)c2)cc1. The summed E-state index contributed by atoms with van der Waals surface area (Å²) >= 11 is 5.95. The molecule has 0 fully saturated rings. The monoisotopic (exact) mass is 289 g/mol. The molecule has 2 aromatic carbocycles. The highest BCUT2D eigenvalue weighted by atomic mass is 35.5. The Hall–Kier alpha value is -1.51. The summed E-state index contributed by atoms with van der Waals surface area (Å²) < 4.78 is 5.86. The van der Waals surface area contributed by atoms with Crippen LogP contribution in [0.2, 0.25) is 5.02 Å². The summed E-state index contributed by atoms with van der Waals surface area (Å²) in [6.45, 7) is 4.11. The molecule has 0 saturated heterocycles. The lowest BCUT2D eigenvalue weighted by Crippen LogP contribution is -2.28. The third-order valence-corrected chi connectivity index (χ3v) is 3.63. The van der Waals surface area contributed by atoms with Gasteiger partial charge in [-0.2, -0.15) is 0 Å². The lowest BCUT2D eigenvalue weighted by atomic mass is 10.0. The minimum absolute atomic E-state index is 0.124. The molecule has 0 spiro atoms. The topological polar surface area (TPSA) is 35.2 Å². The second kappa shape index (κ2) is 6.78. The van der Waals surface area contributed by atoms with Crippen LogP contribution in [-0.4, -0.2) is 6.10 Å². The van der Waals surface area contributed by atoms with Gasteiger partial charge in [0.1, 0.15) is 11.9 Å². The third kappa shape index (κ3) is 3.75. The van der Waals surface area contributed by atoms with Crippen LogP contribution in [0.25, 0.3) is 0 Å². The van der Waals surface area contributed by atoms with Crippen LogP contribution in [0.5, 0.6) is 5.75 Å². The van der Waals surface area contributed by atoms with Gasteiger partial charge in [0, 0.05) is 5.02 Å². The van der Waals surface area contributed by atoms with Gasteiger partial charge in [0.25, 0.3) is 0 Å². The minimum Gasteiger partial charge on any atom is -0.489 e. The highest BCUT2D eigenvalue weighted by Crippen LogP contribution is 2.23. The molecule has 0 aliphatic carbocycles. The lowest BCUT2D eigenvalue weighted by molar-refractivity contribution is 0.190. The van der Waals surface area contributed by atoms with Gasteiger partial charge in [-0.25, -0.2) is 0 Å². The average Bonchev–Trinajstić information content (AvgIpc) is 2.46. The van der Waals surface area contributed by atoms with Crippen LogP contribution in [0, 0.1) is 0 Å². The van der Waals surface area contributed by atoms with E-state index in [1.807, 2.05) is 25.1 Å².